The third-order valence-electron chi connectivity index (χ3n) is 4.26. The molecule has 0 aliphatic carbocycles. The Hall–Kier alpha value is -2.11. The molecule has 22 heavy (non-hydrogen) atoms. The van der Waals surface area contributed by atoms with Gasteiger partial charge in [-0.15, -0.1) is 10.2 Å². The number of amides is 1. The van der Waals surface area contributed by atoms with E-state index in [1.807, 2.05) is 29.4 Å². The average molecular weight is 301 g/mol. The number of carbonyl (C=O) groups is 1. The first-order valence-corrected chi connectivity index (χ1v) is 7.88. The second-order valence-corrected chi connectivity index (χ2v) is 6.28. The Bertz CT molecular complexity index is 644. The minimum absolute atomic E-state index is 0.175. The van der Waals surface area contributed by atoms with Gasteiger partial charge in [-0.2, -0.15) is 0 Å². The predicted molar refractivity (Wildman–Crippen MR) is 83.3 cm³/mol. The zero-order chi connectivity index (χ0) is 15.7. The largest absolute Gasteiger partial charge is 0.351 e. The molecule has 118 valence electrons. The molecular formula is C16H23N5O. The van der Waals surface area contributed by atoms with Crippen molar-refractivity contribution >= 4 is 5.91 Å². The summed E-state index contributed by atoms with van der Waals surface area (Å²) in [6, 6.07) is 4.14. The highest BCUT2D eigenvalue weighted by Crippen LogP contribution is 2.20. The van der Waals surface area contributed by atoms with Crippen LogP contribution in [-0.4, -0.2) is 36.7 Å². The Morgan fingerprint density at radius 1 is 1.18 bits per heavy atom. The predicted octanol–water partition coefficient (Wildman–Crippen LogP) is 2.20. The summed E-state index contributed by atoms with van der Waals surface area (Å²) >= 11 is 0. The molecule has 1 aliphatic heterocycles. The maximum Gasteiger partial charge on any atom is 0.225 e. The Balaban J connectivity index is 1.65. The minimum Gasteiger partial charge on any atom is -0.351 e. The molecular weight excluding hydrogens is 278 g/mol. The van der Waals surface area contributed by atoms with E-state index in [9.17, 15) is 4.79 Å². The highest BCUT2D eigenvalue weighted by atomic mass is 16.2. The Kier molecular flexibility index (Phi) is 4.00. The Labute approximate surface area is 130 Å². The fraction of sp³-hybridized carbons (Fsp3) is 0.562. The van der Waals surface area contributed by atoms with Gasteiger partial charge in [-0.3, -0.25) is 4.79 Å². The van der Waals surface area contributed by atoms with Crippen LogP contribution in [0, 0.1) is 0 Å². The van der Waals surface area contributed by atoms with Crippen LogP contribution in [-0.2, 0) is 17.9 Å². The normalized spacial score (nSPS) is 15.9. The van der Waals surface area contributed by atoms with Crippen molar-refractivity contribution in [3.05, 3.63) is 36.2 Å². The summed E-state index contributed by atoms with van der Waals surface area (Å²) in [4.78, 5) is 14.4. The summed E-state index contributed by atoms with van der Waals surface area (Å²) in [7, 11) is 0. The highest BCUT2D eigenvalue weighted by Gasteiger charge is 2.26. The van der Waals surface area contributed by atoms with Crippen molar-refractivity contribution in [3.8, 4) is 0 Å². The van der Waals surface area contributed by atoms with Gasteiger partial charge in [0.25, 0.3) is 0 Å². The van der Waals surface area contributed by atoms with E-state index in [0.717, 1.165) is 24.7 Å². The van der Waals surface area contributed by atoms with Gasteiger partial charge in [0.2, 0.25) is 5.91 Å². The average Bonchev–Trinajstić information content (AvgIpc) is 3.15. The number of hydrogen-bond donors (Lipinski definition) is 0. The van der Waals surface area contributed by atoms with Crippen LogP contribution in [0.5, 0.6) is 0 Å². The second kappa shape index (κ2) is 5.94. The Morgan fingerprint density at radius 3 is 2.59 bits per heavy atom. The smallest absolute Gasteiger partial charge is 0.225 e. The first kappa shape index (κ1) is 14.8. The van der Waals surface area contributed by atoms with Crippen LogP contribution in [0.2, 0.25) is 0 Å². The second-order valence-electron chi connectivity index (χ2n) is 6.28. The van der Waals surface area contributed by atoms with Crippen LogP contribution in [0.3, 0.4) is 0 Å². The Morgan fingerprint density at radius 2 is 1.91 bits per heavy atom. The molecule has 0 unspecified atom stereocenters. The fourth-order valence-electron chi connectivity index (χ4n) is 2.95. The van der Waals surface area contributed by atoms with Crippen molar-refractivity contribution in [3.63, 3.8) is 0 Å². The van der Waals surface area contributed by atoms with Crippen molar-refractivity contribution in [2.24, 2.45) is 0 Å². The lowest BCUT2D eigenvalue weighted by Crippen LogP contribution is -2.39. The third kappa shape index (κ3) is 2.77. The van der Waals surface area contributed by atoms with E-state index in [1.165, 1.54) is 0 Å². The molecule has 1 atom stereocenters. The third-order valence-corrected chi connectivity index (χ3v) is 4.26. The summed E-state index contributed by atoms with van der Waals surface area (Å²) < 4.78 is 4.23. The molecule has 0 saturated carbocycles. The number of aromatic nitrogens is 4. The van der Waals surface area contributed by atoms with Crippen LogP contribution >= 0.6 is 0 Å². The molecule has 1 amide bonds. The van der Waals surface area contributed by atoms with Gasteiger partial charge in [-0.25, -0.2) is 0 Å². The molecule has 0 radical (unpaired) electrons. The zero-order valence-electron chi connectivity index (χ0n) is 13.4. The fourth-order valence-corrected chi connectivity index (χ4v) is 2.95. The van der Waals surface area contributed by atoms with E-state index in [2.05, 4.69) is 40.1 Å². The molecule has 2 aromatic rings. The minimum atomic E-state index is 0.175. The van der Waals surface area contributed by atoms with Crippen molar-refractivity contribution in [2.45, 2.75) is 52.2 Å². The van der Waals surface area contributed by atoms with E-state index in [0.29, 0.717) is 18.9 Å². The monoisotopic (exact) mass is 301 g/mol. The van der Waals surface area contributed by atoms with Gasteiger partial charge in [0.05, 0.1) is 6.54 Å². The number of rotatable bonds is 4. The lowest BCUT2D eigenvalue weighted by Gasteiger charge is -2.29. The summed E-state index contributed by atoms with van der Waals surface area (Å²) in [5.41, 5.74) is 0. The summed E-state index contributed by atoms with van der Waals surface area (Å²) in [6.07, 6.45) is 4.51. The number of carbonyl (C=O) groups excluding carboxylic acids is 1. The van der Waals surface area contributed by atoms with E-state index in [4.69, 9.17) is 0 Å². The van der Waals surface area contributed by atoms with Crippen molar-refractivity contribution in [1.82, 2.24) is 24.2 Å². The van der Waals surface area contributed by atoms with Gasteiger partial charge in [0.1, 0.15) is 5.82 Å². The summed E-state index contributed by atoms with van der Waals surface area (Å²) in [6.45, 7) is 8.40. The molecule has 0 spiro atoms. The highest BCUT2D eigenvalue weighted by molar-refractivity contribution is 5.76. The molecule has 2 aromatic heterocycles. The number of hydrogen-bond acceptors (Lipinski definition) is 3. The van der Waals surface area contributed by atoms with Gasteiger partial charge in [0.15, 0.2) is 5.82 Å². The van der Waals surface area contributed by atoms with Gasteiger partial charge >= 0.3 is 0 Å². The standard InChI is InChI=1S/C16H23N5O/c1-12(2)16-18-17-14-11-20(8-9-21(14)16)15(22)10-13(3)19-6-4-5-7-19/h4-7,12-13H,8-11H2,1-3H3/t13-/m0/s1. The molecule has 6 nitrogen and oxygen atoms in total. The first-order chi connectivity index (χ1) is 10.6. The quantitative estimate of drug-likeness (QED) is 0.870. The van der Waals surface area contributed by atoms with E-state index in [1.54, 1.807) is 0 Å². The van der Waals surface area contributed by atoms with Crippen LogP contribution in [0.25, 0.3) is 0 Å². The first-order valence-electron chi connectivity index (χ1n) is 7.88. The zero-order valence-corrected chi connectivity index (χ0v) is 13.4. The van der Waals surface area contributed by atoms with Crippen molar-refractivity contribution < 1.29 is 4.79 Å². The van der Waals surface area contributed by atoms with Crippen molar-refractivity contribution in [2.75, 3.05) is 6.54 Å². The summed E-state index contributed by atoms with van der Waals surface area (Å²) in [5.74, 6) is 2.46. The van der Waals surface area contributed by atoms with Gasteiger partial charge in [-0.05, 0) is 19.1 Å². The lowest BCUT2D eigenvalue weighted by atomic mass is 10.2. The molecule has 0 fully saturated rings. The topological polar surface area (TPSA) is 56.0 Å². The van der Waals surface area contributed by atoms with Gasteiger partial charge in [0, 0.05) is 43.9 Å². The maximum atomic E-state index is 12.5. The molecule has 3 heterocycles. The number of fused-ring (bicyclic) bond motifs is 1. The molecule has 0 bridgehead atoms. The lowest BCUT2D eigenvalue weighted by molar-refractivity contribution is -0.133. The van der Waals surface area contributed by atoms with E-state index < -0.39 is 0 Å². The van der Waals surface area contributed by atoms with E-state index >= 15 is 0 Å². The van der Waals surface area contributed by atoms with Crippen LogP contribution < -0.4 is 0 Å². The molecule has 3 rings (SSSR count). The number of nitrogens with zero attached hydrogens (tertiary/aromatic N) is 5. The van der Waals surface area contributed by atoms with Crippen LogP contribution in [0.15, 0.2) is 24.5 Å². The van der Waals surface area contributed by atoms with Crippen molar-refractivity contribution in [1.29, 1.82) is 0 Å². The molecule has 0 aromatic carbocycles. The maximum absolute atomic E-state index is 12.5. The van der Waals surface area contributed by atoms with Gasteiger partial charge in [-0.1, -0.05) is 13.8 Å². The van der Waals surface area contributed by atoms with E-state index in [-0.39, 0.29) is 11.9 Å². The molecule has 0 saturated heterocycles. The van der Waals surface area contributed by atoms with Crippen LogP contribution in [0.1, 0.15) is 50.8 Å². The van der Waals surface area contributed by atoms with Crippen LogP contribution in [0.4, 0.5) is 0 Å². The molecule has 1 aliphatic rings. The van der Waals surface area contributed by atoms with Gasteiger partial charge < -0.3 is 14.0 Å². The molecule has 0 N–H and O–H groups in total. The molecule has 6 heteroatoms. The SMILES string of the molecule is CC(C)c1nnc2n1CCN(C(=O)C[C@H](C)n1cccc1)C2. The summed E-state index contributed by atoms with van der Waals surface area (Å²) in [5, 5.41) is 8.52.